The van der Waals surface area contributed by atoms with Crippen LogP contribution in [0.15, 0.2) is 18.3 Å². The zero-order valence-electron chi connectivity index (χ0n) is 4.56. The fourth-order valence-corrected chi connectivity index (χ4v) is 1.15. The third-order valence-electron chi connectivity index (χ3n) is 0.882. The standard InChI is InChI=1S/C6H6IN/c1-5-2-3-8-6(7)4-5/h2-4H,1H3. The number of halogens is 1. The summed E-state index contributed by atoms with van der Waals surface area (Å²) >= 11 is 2.19. The molecule has 0 atom stereocenters. The number of aryl methyl sites for hydroxylation is 1. The van der Waals surface area contributed by atoms with Crippen molar-refractivity contribution >= 4 is 22.6 Å². The second-order valence-electron chi connectivity index (χ2n) is 1.66. The summed E-state index contributed by atoms with van der Waals surface area (Å²) in [6.45, 7) is 2.06. The average molecular weight is 219 g/mol. The lowest BCUT2D eigenvalue weighted by molar-refractivity contribution is 1.24. The Morgan fingerprint density at radius 3 is 2.75 bits per heavy atom. The van der Waals surface area contributed by atoms with Crippen molar-refractivity contribution in [2.45, 2.75) is 6.92 Å². The number of pyridine rings is 1. The van der Waals surface area contributed by atoms with Gasteiger partial charge in [-0.25, -0.2) is 0 Å². The Hall–Kier alpha value is -0.120. The molecule has 0 bridgehead atoms. The zero-order chi connectivity index (χ0) is 5.98. The molecule has 0 fully saturated rings. The van der Waals surface area contributed by atoms with Crippen LogP contribution in [0.3, 0.4) is 0 Å². The van der Waals surface area contributed by atoms with E-state index < -0.39 is 0 Å². The molecule has 0 aromatic carbocycles. The maximum Gasteiger partial charge on any atom is 0.101 e. The normalized spacial score (nSPS) is 9.25. The molecule has 0 N–H and O–H groups in total. The molecule has 8 heavy (non-hydrogen) atoms. The smallest absolute Gasteiger partial charge is 0.101 e. The molecule has 0 amide bonds. The highest BCUT2D eigenvalue weighted by Gasteiger charge is 1.83. The van der Waals surface area contributed by atoms with Gasteiger partial charge in [0.1, 0.15) is 3.70 Å². The lowest BCUT2D eigenvalue weighted by atomic mass is 10.3. The van der Waals surface area contributed by atoms with Gasteiger partial charge < -0.3 is 0 Å². The molecule has 1 nitrogen and oxygen atoms in total. The Bertz CT molecular complexity index is 168. The van der Waals surface area contributed by atoms with Crippen molar-refractivity contribution in [1.82, 2.24) is 4.98 Å². The average Bonchev–Trinajstić information content (AvgIpc) is 1.64. The molecular formula is C6H6IN. The van der Waals surface area contributed by atoms with Gasteiger partial charge in [0, 0.05) is 6.20 Å². The van der Waals surface area contributed by atoms with E-state index in [-0.39, 0.29) is 0 Å². The highest BCUT2D eigenvalue weighted by atomic mass is 127. The van der Waals surface area contributed by atoms with Gasteiger partial charge in [-0.2, -0.15) is 0 Å². The minimum atomic E-state index is 1.06. The van der Waals surface area contributed by atoms with E-state index in [4.69, 9.17) is 0 Å². The number of hydrogen-bond donors (Lipinski definition) is 0. The molecule has 0 spiro atoms. The minimum absolute atomic E-state index is 1.06. The van der Waals surface area contributed by atoms with Crippen molar-refractivity contribution in [3.63, 3.8) is 0 Å². The highest BCUT2D eigenvalue weighted by molar-refractivity contribution is 14.1. The predicted octanol–water partition coefficient (Wildman–Crippen LogP) is 1.99. The van der Waals surface area contributed by atoms with E-state index in [2.05, 4.69) is 34.5 Å². The van der Waals surface area contributed by atoms with Gasteiger partial charge in [-0.15, -0.1) is 0 Å². The monoisotopic (exact) mass is 219 g/mol. The Morgan fingerprint density at radius 1 is 1.62 bits per heavy atom. The van der Waals surface area contributed by atoms with Crippen LogP contribution in [0, 0.1) is 10.6 Å². The number of nitrogens with zero attached hydrogens (tertiary/aromatic N) is 1. The Labute approximate surface area is 62.3 Å². The molecule has 42 valence electrons. The largest absolute Gasteiger partial charge is 0.250 e. The van der Waals surface area contributed by atoms with Crippen molar-refractivity contribution in [3.8, 4) is 0 Å². The van der Waals surface area contributed by atoms with Gasteiger partial charge in [0.15, 0.2) is 0 Å². The fourth-order valence-electron chi connectivity index (χ4n) is 0.499. The number of aromatic nitrogens is 1. The molecule has 0 aliphatic carbocycles. The van der Waals surface area contributed by atoms with Crippen LogP contribution in [0.4, 0.5) is 0 Å². The summed E-state index contributed by atoms with van der Waals surface area (Å²) < 4.78 is 1.06. The van der Waals surface area contributed by atoms with Crippen molar-refractivity contribution in [1.29, 1.82) is 0 Å². The molecule has 0 aliphatic heterocycles. The van der Waals surface area contributed by atoms with Gasteiger partial charge in [0.2, 0.25) is 0 Å². The molecule has 1 heterocycles. The summed E-state index contributed by atoms with van der Waals surface area (Å²) in [7, 11) is 0. The van der Waals surface area contributed by atoms with Crippen LogP contribution < -0.4 is 0 Å². The molecule has 0 saturated carbocycles. The first-order valence-corrected chi connectivity index (χ1v) is 3.45. The minimum Gasteiger partial charge on any atom is -0.250 e. The molecule has 0 radical (unpaired) electrons. The molecule has 1 aromatic heterocycles. The molecule has 0 saturated heterocycles. The summed E-state index contributed by atoms with van der Waals surface area (Å²) in [6, 6.07) is 4.03. The van der Waals surface area contributed by atoms with Gasteiger partial charge in [-0.1, -0.05) is 0 Å². The Morgan fingerprint density at radius 2 is 2.38 bits per heavy atom. The summed E-state index contributed by atoms with van der Waals surface area (Å²) in [5.74, 6) is 0. The van der Waals surface area contributed by atoms with Gasteiger partial charge >= 0.3 is 0 Å². The van der Waals surface area contributed by atoms with E-state index >= 15 is 0 Å². The van der Waals surface area contributed by atoms with Crippen LogP contribution in [0.1, 0.15) is 5.56 Å². The topological polar surface area (TPSA) is 12.9 Å². The summed E-state index contributed by atoms with van der Waals surface area (Å²) in [5.41, 5.74) is 1.27. The predicted molar refractivity (Wildman–Crippen MR) is 41.7 cm³/mol. The van der Waals surface area contributed by atoms with Crippen molar-refractivity contribution < 1.29 is 0 Å². The third kappa shape index (κ3) is 1.43. The van der Waals surface area contributed by atoms with E-state index in [0.29, 0.717) is 0 Å². The molecular weight excluding hydrogens is 213 g/mol. The van der Waals surface area contributed by atoms with Crippen molar-refractivity contribution in [2.75, 3.05) is 0 Å². The van der Waals surface area contributed by atoms with E-state index in [9.17, 15) is 0 Å². The number of rotatable bonds is 0. The first-order chi connectivity index (χ1) is 3.79. The second kappa shape index (κ2) is 2.44. The van der Waals surface area contributed by atoms with Crippen molar-refractivity contribution in [2.24, 2.45) is 0 Å². The van der Waals surface area contributed by atoms with Gasteiger partial charge in [-0.05, 0) is 47.2 Å². The quantitative estimate of drug-likeness (QED) is 0.480. The van der Waals surface area contributed by atoms with Gasteiger partial charge in [0.25, 0.3) is 0 Å². The molecule has 0 unspecified atom stereocenters. The first kappa shape index (κ1) is 6.01. The van der Waals surface area contributed by atoms with Crippen LogP contribution in [0.25, 0.3) is 0 Å². The van der Waals surface area contributed by atoms with Gasteiger partial charge in [-0.3, -0.25) is 4.98 Å². The van der Waals surface area contributed by atoms with Crippen LogP contribution in [-0.4, -0.2) is 4.98 Å². The maximum absolute atomic E-state index is 4.03. The van der Waals surface area contributed by atoms with Crippen molar-refractivity contribution in [3.05, 3.63) is 27.6 Å². The van der Waals surface area contributed by atoms with E-state index in [1.807, 2.05) is 18.3 Å². The summed E-state index contributed by atoms with van der Waals surface area (Å²) in [5, 5.41) is 0. The second-order valence-corrected chi connectivity index (χ2v) is 2.76. The lowest BCUT2D eigenvalue weighted by Crippen LogP contribution is -1.77. The summed E-state index contributed by atoms with van der Waals surface area (Å²) in [6.07, 6.45) is 1.82. The zero-order valence-corrected chi connectivity index (χ0v) is 6.71. The summed E-state index contributed by atoms with van der Waals surface area (Å²) in [4.78, 5) is 4.03. The van der Waals surface area contributed by atoms with Crippen LogP contribution in [0.5, 0.6) is 0 Å². The van der Waals surface area contributed by atoms with E-state index in [1.165, 1.54) is 5.56 Å². The van der Waals surface area contributed by atoms with Gasteiger partial charge in [0.05, 0.1) is 0 Å². The van der Waals surface area contributed by atoms with Crippen LogP contribution >= 0.6 is 22.6 Å². The van der Waals surface area contributed by atoms with E-state index in [1.54, 1.807) is 0 Å². The molecule has 1 aromatic rings. The third-order valence-corrected chi connectivity index (χ3v) is 1.47. The highest BCUT2D eigenvalue weighted by Crippen LogP contribution is 2.01. The molecule has 0 aliphatic rings. The molecule has 1 rings (SSSR count). The SMILES string of the molecule is Cc1ccnc(I)c1. The first-order valence-electron chi connectivity index (χ1n) is 2.37. The van der Waals surface area contributed by atoms with Crippen LogP contribution in [-0.2, 0) is 0 Å². The Kier molecular flexibility index (Phi) is 1.83. The number of hydrogen-bond acceptors (Lipinski definition) is 1. The fraction of sp³-hybridized carbons (Fsp3) is 0.167. The van der Waals surface area contributed by atoms with Crippen LogP contribution in [0.2, 0.25) is 0 Å². The molecule has 2 heteroatoms. The lowest BCUT2D eigenvalue weighted by Gasteiger charge is -1.88. The Balaban J connectivity index is 3.08. The van der Waals surface area contributed by atoms with E-state index in [0.717, 1.165) is 3.70 Å². The maximum atomic E-state index is 4.03.